The Morgan fingerprint density at radius 3 is 2.26 bits per heavy atom. The fourth-order valence-corrected chi connectivity index (χ4v) is 4.51. The summed E-state index contributed by atoms with van der Waals surface area (Å²) in [4.78, 5) is 0. The van der Waals surface area contributed by atoms with Crippen molar-refractivity contribution in [1.82, 2.24) is 4.57 Å². The summed E-state index contributed by atoms with van der Waals surface area (Å²) in [6.45, 7) is 6.12. The molecule has 186 valence electrons. The smallest absolute Gasteiger partial charge is 0.145 e. The Bertz CT molecular complexity index is 1130. The van der Waals surface area contributed by atoms with Gasteiger partial charge >= 0.3 is 0 Å². The monoisotopic (exact) mass is 478 g/mol. The molecule has 0 amide bonds. The topological polar surface area (TPSA) is 69.6 Å². The molecule has 0 bridgehead atoms. The zero-order valence-electron chi connectivity index (χ0n) is 20.5. The first-order valence-electron chi connectivity index (χ1n) is 12.1. The highest BCUT2D eigenvalue weighted by Gasteiger charge is 2.32. The van der Waals surface area contributed by atoms with Crippen molar-refractivity contribution in [2.75, 3.05) is 13.2 Å². The van der Waals surface area contributed by atoms with E-state index in [0.29, 0.717) is 26.4 Å². The van der Waals surface area contributed by atoms with Crippen molar-refractivity contribution in [2.45, 2.75) is 57.7 Å². The van der Waals surface area contributed by atoms with Crippen molar-refractivity contribution >= 4 is 6.08 Å². The molecular formula is C29H35FN2O3. The van der Waals surface area contributed by atoms with Gasteiger partial charge in [-0.15, -0.1) is 0 Å². The van der Waals surface area contributed by atoms with Crippen molar-refractivity contribution in [3.8, 4) is 0 Å². The molecule has 0 aliphatic heterocycles. The highest BCUT2D eigenvalue weighted by Crippen LogP contribution is 2.34. The van der Waals surface area contributed by atoms with Crippen LogP contribution in [0.5, 0.6) is 0 Å². The van der Waals surface area contributed by atoms with E-state index in [2.05, 4.69) is 19.9 Å². The Morgan fingerprint density at radius 1 is 1.03 bits per heavy atom. The molecule has 0 saturated carbocycles. The van der Waals surface area contributed by atoms with E-state index in [-0.39, 0.29) is 24.1 Å². The number of alkyl halides is 1. The van der Waals surface area contributed by atoms with Gasteiger partial charge in [-0.05, 0) is 28.8 Å². The molecule has 4 rings (SSSR count). The Balaban J connectivity index is 1.48. The summed E-state index contributed by atoms with van der Waals surface area (Å²) in [6.07, 6.45) is -0.0666. The molecular weight excluding hydrogens is 443 g/mol. The van der Waals surface area contributed by atoms with E-state index in [9.17, 15) is 9.50 Å². The van der Waals surface area contributed by atoms with Gasteiger partial charge in [0.05, 0.1) is 39.1 Å². The number of nitrogens with zero attached hydrogens (tertiary/aromatic N) is 1. The number of halogens is 1. The van der Waals surface area contributed by atoms with Crippen LogP contribution in [-0.4, -0.2) is 35.2 Å². The van der Waals surface area contributed by atoms with E-state index in [0.717, 1.165) is 28.1 Å². The number of aliphatic hydroxyl groups is 1. The fraction of sp³-hybridized carbons (Fsp3) is 0.379. The van der Waals surface area contributed by atoms with Crippen LogP contribution < -0.4 is 5.73 Å². The van der Waals surface area contributed by atoms with Crippen molar-refractivity contribution in [3.63, 3.8) is 0 Å². The van der Waals surface area contributed by atoms with Crippen molar-refractivity contribution in [3.05, 3.63) is 101 Å². The number of aliphatic hydroxyl groups excluding tert-OH is 1. The molecule has 0 radical (unpaired) electrons. The Hall–Kier alpha value is -2.93. The number of allylic oxidation sites excluding steroid dienone is 1. The zero-order chi connectivity index (χ0) is 24.8. The lowest BCUT2D eigenvalue weighted by molar-refractivity contribution is 0.0184. The van der Waals surface area contributed by atoms with Crippen molar-refractivity contribution in [1.29, 1.82) is 0 Å². The first-order valence-corrected chi connectivity index (χ1v) is 12.1. The Labute approximate surface area is 207 Å². The molecule has 3 aromatic rings. The van der Waals surface area contributed by atoms with Crippen LogP contribution in [0.1, 0.15) is 41.9 Å². The summed E-state index contributed by atoms with van der Waals surface area (Å²) in [7, 11) is 0. The fourth-order valence-electron chi connectivity index (χ4n) is 4.51. The van der Waals surface area contributed by atoms with Crippen molar-refractivity contribution < 1.29 is 19.0 Å². The van der Waals surface area contributed by atoms with Crippen LogP contribution in [0.25, 0.3) is 6.08 Å². The van der Waals surface area contributed by atoms with Gasteiger partial charge in [0.25, 0.3) is 0 Å². The normalized spacial score (nSPS) is 16.6. The van der Waals surface area contributed by atoms with E-state index in [1.807, 2.05) is 65.2 Å². The Morgan fingerprint density at radius 2 is 1.63 bits per heavy atom. The minimum atomic E-state index is -1.23. The molecule has 2 aromatic carbocycles. The summed E-state index contributed by atoms with van der Waals surface area (Å²) < 4.78 is 28.4. The van der Waals surface area contributed by atoms with E-state index in [1.54, 1.807) is 6.08 Å². The predicted octanol–water partition coefficient (Wildman–Crippen LogP) is 4.75. The molecule has 0 spiro atoms. The molecule has 5 nitrogen and oxygen atoms in total. The van der Waals surface area contributed by atoms with E-state index >= 15 is 0 Å². The molecule has 2 atom stereocenters. The quantitative estimate of drug-likeness (QED) is 0.417. The lowest BCUT2D eigenvalue weighted by atomic mass is 9.89. The summed E-state index contributed by atoms with van der Waals surface area (Å²) in [5.41, 5.74) is 10.7. The van der Waals surface area contributed by atoms with E-state index in [4.69, 9.17) is 15.2 Å². The van der Waals surface area contributed by atoms with Gasteiger partial charge in [-0.1, -0.05) is 74.5 Å². The maximum absolute atomic E-state index is 14.5. The third kappa shape index (κ3) is 6.40. The first-order chi connectivity index (χ1) is 16.8. The first kappa shape index (κ1) is 25.2. The number of rotatable bonds is 11. The lowest BCUT2D eigenvalue weighted by Crippen LogP contribution is -2.32. The van der Waals surface area contributed by atoms with Crippen LogP contribution in [0.3, 0.4) is 0 Å². The molecule has 0 fully saturated rings. The van der Waals surface area contributed by atoms with Crippen LogP contribution in [-0.2, 0) is 41.1 Å². The van der Waals surface area contributed by atoms with Crippen LogP contribution in [0.4, 0.5) is 4.39 Å². The maximum Gasteiger partial charge on any atom is 0.145 e. The van der Waals surface area contributed by atoms with E-state index < -0.39 is 12.3 Å². The summed E-state index contributed by atoms with van der Waals surface area (Å²) >= 11 is 0. The number of hydrogen-bond acceptors (Lipinski definition) is 4. The second kappa shape index (κ2) is 11.2. The molecule has 1 aliphatic rings. The number of benzene rings is 2. The number of nitrogens with two attached hydrogens (primary N) is 1. The van der Waals surface area contributed by atoms with Crippen LogP contribution in [0, 0.1) is 0 Å². The van der Waals surface area contributed by atoms with Gasteiger partial charge in [0.1, 0.15) is 6.17 Å². The van der Waals surface area contributed by atoms with Gasteiger partial charge in [0.2, 0.25) is 0 Å². The highest BCUT2D eigenvalue weighted by molar-refractivity contribution is 5.61. The van der Waals surface area contributed by atoms with Gasteiger partial charge in [-0.25, -0.2) is 4.39 Å². The predicted molar refractivity (Wildman–Crippen MR) is 136 cm³/mol. The molecule has 35 heavy (non-hydrogen) atoms. The summed E-state index contributed by atoms with van der Waals surface area (Å²) in [5.74, 6) is 0. The number of ether oxygens (including phenoxy) is 2. The van der Waals surface area contributed by atoms with Gasteiger partial charge in [-0.3, -0.25) is 0 Å². The number of fused-ring (bicyclic) bond motifs is 1. The second-order valence-corrected chi connectivity index (χ2v) is 9.88. The molecule has 1 heterocycles. The molecule has 0 saturated heterocycles. The number of hydrogen-bond donors (Lipinski definition) is 2. The minimum absolute atomic E-state index is 0.184. The molecule has 6 heteroatoms. The molecule has 1 aliphatic carbocycles. The number of aromatic nitrogens is 1. The van der Waals surface area contributed by atoms with Gasteiger partial charge in [0, 0.05) is 28.9 Å². The largest absolute Gasteiger partial charge is 0.400 e. The van der Waals surface area contributed by atoms with Gasteiger partial charge < -0.3 is 24.9 Å². The van der Waals surface area contributed by atoms with Crippen molar-refractivity contribution in [2.24, 2.45) is 5.73 Å². The van der Waals surface area contributed by atoms with Crippen LogP contribution >= 0.6 is 0 Å². The third-order valence-corrected chi connectivity index (χ3v) is 6.38. The van der Waals surface area contributed by atoms with Gasteiger partial charge in [0.15, 0.2) is 0 Å². The second-order valence-electron chi connectivity index (χ2n) is 9.88. The van der Waals surface area contributed by atoms with Gasteiger partial charge in [-0.2, -0.15) is 0 Å². The highest BCUT2D eigenvalue weighted by atomic mass is 19.1. The molecule has 1 aromatic heterocycles. The molecule has 3 N–H and O–H groups in total. The maximum atomic E-state index is 14.5. The average molecular weight is 479 g/mol. The summed E-state index contributed by atoms with van der Waals surface area (Å²) in [5, 5.41) is 10.8. The minimum Gasteiger partial charge on any atom is -0.400 e. The summed E-state index contributed by atoms with van der Waals surface area (Å²) in [6, 6.07) is 22.0. The molecule has 2 unspecified atom stereocenters. The Kier molecular flexibility index (Phi) is 8.06. The van der Waals surface area contributed by atoms with E-state index in [1.165, 1.54) is 0 Å². The zero-order valence-corrected chi connectivity index (χ0v) is 20.5. The average Bonchev–Trinajstić information content (AvgIpc) is 3.18. The lowest BCUT2D eigenvalue weighted by Gasteiger charge is -2.29. The standard InChI is InChI=1S/C29H35FN2O3/c1-29(2,20-35-18-22-11-7-4-8-12-22)28-14-23-13-26(31)25(30)15-27(23)32(28)16-24(33)19-34-17-21-9-5-3-6-10-21/h3-14,24-25,33H,15-20,31H2,1-2H3. The SMILES string of the molecule is CC(C)(COCc1ccccc1)c1cc2c(n1CC(O)COCc1ccccc1)CC(F)C(N)=C2. The van der Waals surface area contributed by atoms with Crippen LogP contribution in [0.15, 0.2) is 72.4 Å². The third-order valence-electron chi connectivity index (χ3n) is 6.38. The van der Waals surface area contributed by atoms with Crippen LogP contribution in [0.2, 0.25) is 0 Å².